The number of nitrogens with zero attached hydrogens (tertiary/aromatic N) is 2. The number of nitrogens with one attached hydrogen (secondary N) is 1. The molecule has 4 nitrogen and oxygen atoms in total. The summed E-state index contributed by atoms with van der Waals surface area (Å²) in [4.78, 5) is 16.9. The van der Waals surface area contributed by atoms with Gasteiger partial charge in [0.2, 0.25) is 5.91 Å². The fourth-order valence-electron chi connectivity index (χ4n) is 3.75. The van der Waals surface area contributed by atoms with Crippen LogP contribution in [0.5, 0.6) is 0 Å². The maximum Gasteiger partial charge on any atom is 0.241 e. The normalized spacial score (nSPS) is 19.4. The van der Waals surface area contributed by atoms with Gasteiger partial charge in [-0.2, -0.15) is 0 Å². The highest BCUT2D eigenvalue weighted by atomic mass is 16.2. The molecular formula is C20H31N3O. The lowest BCUT2D eigenvalue weighted by molar-refractivity contribution is -0.130. The van der Waals surface area contributed by atoms with E-state index in [4.69, 9.17) is 0 Å². The Morgan fingerprint density at radius 2 is 1.88 bits per heavy atom. The topological polar surface area (TPSA) is 35.6 Å². The second-order valence-electron chi connectivity index (χ2n) is 7.63. The van der Waals surface area contributed by atoms with E-state index in [9.17, 15) is 4.79 Å². The van der Waals surface area contributed by atoms with Crippen molar-refractivity contribution < 1.29 is 4.79 Å². The Morgan fingerprint density at radius 3 is 2.58 bits per heavy atom. The first-order valence-corrected chi connectivity index (χ1v) is 9.42. The molecule has 1 atom stereocenters. The number of anilines is 1. The van der Waals surface area contributed by atoms with Gasteiger partial charge in [0.05, 0.1) is 6.54 Å². The fourth-order valence-corrected chi connectivity index (χ4v) is 3.75. The maximum absolute atomic E-state index is 12.4. The van der Waals surface area contributed by atoms with Crippen molar-refractivity contribution in [3.05, 3.63) is 29.3 Å². The van der Waals surface area contributed by atoms with Crippen LogP contribution in [0.1, 0.15) is 51.2 Å². The summed E-state index contributed by atoms with van der Waals surface area (Å²) in [5, 5.41) is 3.41. The summed E-state index contributed by atoms with van der Waals surface area (Å²) in [5.41, 5.74) is 3.91. The first kappa shape index (κ1) is 17.3. The third-order valence-corrected chi connectivity index (χ3v) is 5.69. The van der Waals surface area contributed by atoms with E-state index < -0.39 is 0 Å². The predicted molar refractivity (Wildman–Crippen MR) is 98.9 cm³/mol. The second kappa shape index (κ2) is 7.56. The molecule has 24 heavy (non-hydrogen) atoms. The molecule has 0 saturated carbocycles. The number of carbonyl (C=O) groups excluding carboxylic acids is 1. The van der Waals surface area contributed by atoms with E-state index in [0.29, 0.717) is 18.5 Å². The van der Waals surface area contributed by atoms with Gasteiger partial charge in [0, 0.05) is 37.9 Å². The van der Waals surface area contributed by atoms with E-state index >= 15 is 0 Å². The van der Waals surface area contributed by atoms with Gasteiger partial charge in [0.15, 0.2) is 0 Å². The average molecular weight is 329 g/mol. The zero-order valence-corrected chi connectivity index (χ0v) is 15.3. The molecule has 0 spiro atoms. The van der Waals surface area contributed by atoms with Crippen molar-refractivity contribution in [2.75, 3.05) is 25.0 Å². The number of benzene rings is 1. The Bertz CT molecular complexity index is 578. The first-order valence-electron chi connectivity index (χ1n) is 9.42. The van der Waals surface area contributed by atoms with Crippen molar-refractivity contribution in [1.82, 2.24) is 9.80 Å². The number of rotatable bonds is 5. The van der Waals surface area contributed by atoms with Gasteiger partial charge in [-0.05, 0) is 49.3 Å². The molecule has 1 saturated heterocycles. The van der Waals surface area contributed by atoms with E-state index in [2.05, 4.69) is 49.2 Å². The zero-order chi connectivity index (χ0) is 17.1. The first-order chi connectivity index (χ1) is 11.6. The third-order valence-electron chi connectivity index (χ3n) is 5.69. The average Bonchev–Trinajstić information content (AvgIpc) is 3.04. The van der Waals surface area contributed by atoms with Crippen LogP contribution in [0.15, 0.2) is 18.2 Å². The molecule has 3 rings (SSSR count). The molecule has 1 fully saturated rings. The van der Waals surface area contributed by atoms with Gasteiger partial charge in [0.25, 0.3) is 0 Å². The molecule has 2 heterocycles. The van der Waals surface area contributed by atoms with Crippen LogP contribution in [0.3, 0.4) is 0 Å². The lowest BCUT2D eigenvalue weighted by Crippen LogP contribution is -2.39. The van der Waals surface area contributed by atoms with Crippen LogP contribution in [0, 0.1) is 5.92 Å². The van der Waals surface area contributed by atoms with Crippen LogP contribution in [-0.4, -0.2) is 41.4 Å². The van der Waals surface area contributed by atoms with Gasteiger partial charge >= 0.3 is 0 Å². The molecule has 132 valence electrons. The van der Waals surface area contributed by atoms with Crippen molar-refractivity contribution in [1.29, 1.82) is 0 Å². The Labute approximate surface area is 146 Å². The van der Waals surface area contributed by atoms with Gasteiger partial charge in [-0.25, -0.2) is 0 Å². The van der Waals surface area contributed by atoms with Gasteiger partial charge in [-0.15, -0.1) is 0 Å². The Balaban J connectivity index is 1.62. The number of hydrogen-bond acceptors (Lipinski definition) is 3. The van der Waals surface area contributed by atoms with E-state index in [0.717, 1.165) is 44.7 Å². The van der Waals surface area contributed by atoms with Crippen LogP contribution in [0.4, 0.5) is 5.69 Å². The summed E-state index contributed by atoms with van der Waals surface area (Å²) >= 11 is 0. The maximum atomic E-state index is 12.4. The lowest BCUT2D eigenvalue weighted by atomic mass is 10.1. The molecule has 4 heteroatoms. The van der Waals surface area contributed by atoms with Crippen LogP contribution >= 0.6 is 0 Å². The molecule has 0 aliphatic carbocycles. The highest BCUT2D eigenvalue weighted by molar-refractivity contribution is 5.81. The lowest BCUT2D eigenvalue weighted by Gasteiger charge is -2.27. The van der Waals surface area contributed by atoms with E-state index in [1.165, 1.54) is 17.5 Å². The molecule has 1 aromatic rings. The molecule has 0 radical (unpaired) electrons. The smallest absolute Gasteiger partial charge is 0.241 e. The van der Waals surface area contributed by atoms with E-state index in [-0.39, 0.29) is 5.91 Å². The zero-order valence-electron chi connectivity index (χ0n) is 15.3. The molecule has 2 aliphatic heterocycles. The minimum atomic E-state index is 0.234. The van der Waals surface area contributed by atoms with Crippen LogP contribution in [0.25, 0.3) is 0 Å². The molecule has 0 bridgehead atoms. The number of likely N-dealkylation sites (tertiary alicyclic amines) is 1. The summed E-state index contributed by atoms with van der Waals surface area (Å²) < 4.78 is 0. The largest absolute Gasteiger partial charge is 0.376 e. The van der Waals surface area contributed by atoms with Crippen molar-refractivity contribution in [2.24, 2.45) is 5.92 Å². The van der Waals surface area contributed by atoms with E-state index in [1.807, 2.05) is 4.90 Å². The monoisotopic (exact) mass is 329 g/mol. The Hall–Kier alpha value is -1.55. The second-order valence-corrected chi connectivity index (χ2v) is 7.63. The minimum absolute atomic E-state index is 0.234. The van der Waals surface area contributed by atoms with E-state index in [1.54, 1.807) is 0 Å². The van der Waals surface area contributed by atoms with Gasteiger partial charge < -0.3 is 10.2 Å². The van der Waals surface area contributed by atoms with Crippen LogP contribution < -0.4 is 5.32 Å². The molecule has 1 N–H and O–H groups in total. The third kappa shape index (κ3) is 3.75. The van der Waals surface area contributed by atoms with Crippen molar-refractivity contribution in [3.8, 4) is 0 Å². The fraction of sp³-hybridized carbons (Fsp3) is 0.650. The summed E-state index contributed by atoms with van der Waals surface area (Å²) in [6, 6.07) is 7.02. The number of amides is 1. The van der Waals surface area contributed by atoms with Crippen molar-refractivity contribution >= 4 is 11.6 Å². The minimum Gasteiger partial charge on any atom is -0.376 e. The summed E-state index contributed by atoms with van der Waals surface area (Å²) in [5.74, 6) is 0.883. The molecule has 0 unspecified atom stereocenters. The quantitative estimate of drug-likeness (QED) is 0.898. The molecule has 2 aliphatic rings. The standard InChI is InChI=1S/C20H31N3O/c1-15(2)16(3)23-13-17-8-7-9-19(18(17)14-23)21-12-20(24)22-10-5-4-6-11-22/h7-9,15-16,21H,4-6,10-14H2,1-3H3/t16-/m1/s1. The van der Waals surface area contributed by atoms with Gasteiger partial charge in [-0.3, -0.25) is 9.69 Å². The van der Waals surface area contributed by atoms with Crippen molar-refractivity contribution in [3.63, 3.8) is 0 Å². The number of hydrogen-bond donors (Lipinski definition) is 1. The summed E-state index contributed by atoms with van der Waals surface area (Å²) in [6.45, 7) is 11.1. The SMILES string of the molecule is CC(C)[C@@H](C)N1Cc2cccc(NCC(=O)N3CCCCC3)c2C1. The number of carbonyl (C=O) groups is 1. The summed E-state index contributed by atoms with van der Waals surface area (Å²) in [7, 11) is 0. The highest BCUT2D eigenvalue weighted by Gasteiger charge is 2.26. The number of fused-ring (bicyclic) bond motifs is 1. The Morgan fingerprint density at radius 1 is 1.12 bits per heavy atom. The van der Waals surface area contributed by atoms with Crippen LogP contribution in [0.2, 0.25) is 0 Å². The molecular weight excluding hydrogens is 298 g/mol. The van der Waals surface area contributed by atoms with Gasteiger partial charge in [-0.1, -0.05) is 26.0 Å². The number of piperidine rings is 1. The molecule has 1 aromatic carbocycles. The Kier molecular flexibility index (Phi) is 5.44. The molecule has 1 amide bonds. The van der Waals surface area contributed by atoms with Crippen LogP contribution in [-0.2, 0) is 17.9 Å². The predicted octanol–water partition coefficient (Wildman–Crippen LogP) is 3.47. The molecule has 0 aromatic heterocycles. The van der Waals surface area contributed by atoms with Gasteiger partial charge in [0.1, 0.15) is 0 Å². The van der Waals surface area contributed by atoms with Crippen molar-refractivity contribution in [2.45, 2.75) is 59.2 Å². The highest BCUT2D eigenvalue weighted by Crippen LogP contribution is 2.31. The summed E-state index contributed by atoms with van der Waals surface area (Å²) in [6.07, 6.45) is 3.55.